The molecule has 0 aromatic rings. The van der Waals surface area contributed by atoms with Gasteiger partial charge >= 0.3 is 0 Å². The average Bonchev–Trinajstić information content (AvgIpc) is 2.32. The molecule has 0 amide bonds. The Balaban J connectivity index is 4.19. The van der Waals surface area contributed by atoms with Crippen LogP contribution in [0.1, 0.15) is 47.5 Å². The standard InChI is InChI=1S/C14H29N3/c1-7-9-16-14(5,11-15)8-10-17(6)13(4)12(2)3/h12-13,16H,7-10H2,1-6H3. The van der Waals surface area contributed by atoms with Crippen LogP contribution in [0.5, 0.6) is 0 Å². The third-order valence-corrected chi connectivity index (χ3v) is 3.64. The van der Waals surface area contributed by atoms with Gasteiger partial charge in [-0.15, -0.1) is 0 Å². The first kappa shape index (κ1) is 16.4. The summed E-state index contributed by atoms with van der Waals surface area (Å²) < 4.78 is 0. The fourth-order valence-electron chi connectivity index (χ4n) is 1.70. The van der Waals surface area contributed by atoms with Gasteiger partial charge in [0.25, 0.3) is 0 Å². The molecule has 0 bridgehead atoms. The Bertz CT molecular complexity index is 244. The van der Waals surface area contributed by atoms with Gasteiger partial charge in [0.05, 0.1) is 6.07 Å². The molecule has 0 fully saturated rings. The van der Waals surface area contributed by atoms with E-state index < -0.39 is 0 Å². The summed E-state index contributed by atoms with van der Waals surface area (Å²) in [7, 11) is 2.14. The highest BCUT2D eigenvalue weighted by atomic mass is 15.1. The highest BCUT2D eigenvalue weighted by Gasteiger charge is 2.24. The third-order valence-electron chi connectivity index (χ3n) is 3.64. The highest BCUT2D eigenvalue weighted by Crippen LogP contribution is 2.13. The second-order valence-electron chi connectivity index (χ2n) is 5.59. The molecular weight excluding hydrogens is 210 g/mol. The van der Waals surface area contributed by atoms with Crippen LogP contribution in [0.4, 0.5) is 0 Å². The van der Waals surface area contributed by atoms with Gasteiger partial charge in [-0.05, 0) is 46.2 Å². The molecule has 0 radical (unpaired) electrons. The van der Waals surface area contributed by atoms with Gasteiger partial charge in [0.15, 0.2) is 0 Å². The smallest absolute Gasteiger partial charge is 0.105 e. The largest absolute Gasteiger partial charge is 0.303 e. The predicted octanol–water partition coefficient (Wildman–Crippen LogP) is 2.63. The molecule has 0 spiro atoms. The minimum Gasteiger partial charge on any atom is -0.303 e. The summed E-state index contributed by atoms with van der Waals surface area (Å²) in [5.74, 6) is 0.650. The summed E-state index contributed by atoms with van der Waals surface area (Å²) in [5.41, 5.74) is -0.388. The van der Waals surface area contributed by atoms with Gasteiger partial charge in [-0.3, -0.25) is 5.32 Å². The molecule has 3 nitrogen and oxygen atoms in total. The van der Waals surface area contributed by atoms with E-state index in [1.54, 1.807) is 0 Å². The van der Waals surface area contributed by atoms with Gasteiger partial charge in [0.1, 0.15) is 5.54 Å². The molecule has 17 heavy (non-hydrogen) atoms. The number of hydrogen-bond donors (Lipinski definition) is 1. The highest BCUT2D eigenvalue weighted by molar-refractivity contribution is 5.03. The summed E-state index contributed by atoms with van der Waals surface area (Å²) in [4.78, 5) is 2.34. The molecule has 2 atom stereocenters. The zero-order valence-electron chi connectivity index (χ0n) is 12.4. The van der Waals surface area contributed by atoms with E-state index in [9.17, 15) is 5.26 Å². The van der Waals surface area contributed by atoms with Gasteiger partial charge in [-0.1, -0.05) is 20.8 Å². The maximum Gasteiger partial charge on any atom is 0.105 e. The van der Waals surface area contributed by atoms with Crippen LogP contribution in [-0.4, -0.2) is 36.6 Å². The lowest BCUT2D eigenvalue weighted by atomic mass is 9.98. The Morgan fingerprint density at radius 2 is 1.94 bits per heavy atom. The molecule has 0 rings (SSSR count). The summed E-state index contributed by atoms with van der Waals surface area (Å²) in [6.45, 7) is 12.7. The number of hydrogen-bond acceptors (Lipinski definition) is 3. The molecule has 0 aromatic carbocycles. The summed E-state index contributed by atoms with van der Waals surface area (Å²) >= 11 is 0. The van der Waals surface area contributed by atoms with Gasteiger partial charge in [0.2, 0.25) is 0 Å². The molecule has 0 aliphatic carbocycles. The normalized spacial score (nSPS) is 16.9. The predicted molar refractivity (Wildman–Crippen MR) is 73.9 cm³/mol. The van der Waals surface area contributed by atoms with Crippen LogP contribution in [0, 0.1) is 17.2 Å². The van der Waals surface area contributed by atoms with E-state index in [2.05, 4.69) is 51.0 Å². The van der Waals surface area contributed by atoms with Gasteiger partial charge in [-0.2, -0.15) is 5.26 Å². The van der Waals surface area contributed by atoms with Crippen LogP contribution >= 0.6 is 0 Å². The summed E-state index contributed by atoms with van der Waals surface area (Å²) in [5, 5.41) is 12.6. The minimum atomic E-state index is -0.388. The van der Waals surface area contributed by atoms with E-state index in [4.69, 9.17) is 0 Å². The monoisotopic (exact) mass is 239 g/mol. The van der Waals surface area contributed by atoms with Crippen molar-refractivity contribution in [2.24, 2.45) is 5.92 Å². The first-order chi connectivity index (χ1) is 7.86. The number of nitriles is 1. The SMILES string of the molecule is CCCNC(C)(C#N)CCN(C)C(C)C(C)C. The lowest BCUT2D eigenvalue weighted by Crippen LogP contribution is -2.45. The zero-order chi connectivity index (χ0) is 13.5. The second-order valence-corrected chi connectivity index (χ2v) is 5.59. The van der Waals surface area contributed by atoms with E-state index in [0.29, 0.717) is 12.0 Å². The minimum absolute atomic E-state index is 0.388. The molecule has 0 heterocycles. The van der Waals surface area contributed by atoms with Gasteiger partial charge in [0, 0.05) is 12.6 Å². The van der Waals surface area contributed by atoms with E-state index >= 15 is 0 Å². The van der Waals surface area contributed by atoms with Crippen LogP contribution < -0.4 is 5.32 Å². The fourth-order valence-corrected chi connectivity index (χ4v) is 1.70. The molecule has 0 aliphatic rings. The third kappa shape index (κ3) is 6.05. The molecular formula is C14H29N3. The van der Waals surface area contributed by atoms with Gasteiger partial charge < -0.3 is 4.90 Å². The second kappa shape index (κ2) is 7.68. The lowest BCUT2D eigenvalue weighted by molar-refractivity contribution is 0.192. The van der Waals surface area contributed by atoms with E-state index in [0.717, 1.165) is 25.9 Å². The van der Waals surface area contributed by atoms with Crippen molar-refractivity contribution in [3.8, 4) is 6.07 Å². The molecule has 0 saturated heterocycles. The molecule has 0 aliphatic heterocycles. The molecule has 1 N–H and O–H groups in total. The van der Waals surface area contributed by atoms with E-state index in [1.165, 1.54) is 0 Å². The van der Waals surface area contributed by atoms with E-state index in [1.807, 2.05) is 6.92 Å². The van der Waals surface area contributed by atoms with Crippen molar-refractivity contribution in [1.82, 2.24) is 10.2 Å². The summed E-state index contributed by atoms with van der Waals surface area (Å²) in [6, 6.07) is 2.96. The quantitative estimate of drug-likeness (QED) is 0.708. The van der Waals surface area contributed by atoms with Crippen molar-refractivity contribution in [2.75, 3.05) is 20.1 Å². The lowest BCUT2D eigenvalue weighted by Gasteiger charge is -2.31. The number of nitrogens with zero attached hydrogens (tertiary/aromatic N) is 2. The topological polar surface area (TPSA) is 39.1 Å². The van der Waals surface area contributed by atoms with Crippen LogP contribution in [0.2, 0.25) is 0 Å². The van der Waals surface area contributed by atoms with Crippen LogP contribution in [0.25, 0.3) is 0 Å². The van der Waals surface area contributed by atoms with Crippen molar-refractivity contribution in [3.63, 3.8) is 0 Å². The molecule has 2 unspecified atom stereocenters. The zero-order valence-corrected chi connectivity index (χ0v) is 12.4. The maximum absolute atomic E-state index is 9.24. The van der Waals surface area contributed by atoms with E-state index in [-0.39, 0.29) is 5.54 Å². The van der Waals surface area contributed by atoms with Gasteiger partial charge in [-0.25, -0.2) is 0 Å². The average molecular weight is 239 g/mol. The Hall–Kier alpha value is -0.590. The number of nitrogens with one attached hydrogen (secondary N) is 1. The van der Waals surface area contributed by atoms with Crippen LogP contribution in [0.3, 0.4) is 0 Å². The number of rotatable bonds is 8. The fraction of sp³-hybridized carbons (Fsp3) is 0.929. The Kier molecular flexibility index (Phi) is 7.41. The molecule has 0 aromatic heterocycles. The summed E-state index contributed by atoms with van der Waals surface area (Å²) in [6.07, 6.45) is 1.94. The van der Waals surface area contributed by atoms with Crippen LogP contribution in [-0.2, 0) is 0 Å². The Morgan fingerprint density at radius 3 is 2.35 bits per heavy atom. The Labute approximate surface area is 107 Å². The maximum atomic E-state index is 9.24. The van der Waals surface area contributed by atoms with Crippen molar-refractivity contribution in [2.45, 2.75) is 59.0 Å². The molecule has 0 saturated carbocycles. The van der Waals surface area contributed by atoms with Crippen molar-refractivity contribution >= 4 is 0 Å². The molecule has 100 valence electrons. The first-order valence-electron chi connectivity index (χ1n) is 6.72. The Morgan fingerprint density at radius 1 is 1.35 bits per heavy atom. The van der Waals surface area contributed by atoms with Crippen LogP contribution in [0.15, 0.2) is 0 Å². The van der Waals surface area contributed by atoms with Crippen molar-refractivity contribution in [1.29, 1.82) is 5.26 Å². The van der Waals surface area contributed by atoms with Crippen molar-refractivity contribution in [3.05, 3.63) is 0 Å². The molecule has 3 heteroatoms. The first-order valence-corrected chi connectivity index (χ1v) is 6.72. The van der Waals surface area contributed by atoms with Crippen molar-refractivity contribution < 1.29 is 0 Å².